The van der Waals surface area contributed by atoms with Crippen molar-refractivity contribution in [3.05, 3.63) is 52.6 Å². The van der Waals surface area contributed by atoms with Gasteiger partial charge in [0.25, 0.3) is 5.91 Å². The molecule has 180 valence electrons. The molecule has 1 N–H and O–H groups in total. The molecule has 1 saturated heterocycles. The van der Waals surface area contributed by atoms with Gasteiger partial charge < -0.3 is 24.1 Å². The Morgan fingerprint density at radius 2 is 1.94 bits per heavy atom. The van der Waals surface area contributed by atoms with Gasteiger partial charge in [-0.25, -0.2) is 9.18 Å². The summed E-state index contributed by atoms with van der Waals surface area (Å²) in [5, 5.41) is 3.64. The van der Waals surface area contributed by atoms with E-state index in [1.165, 1.54) is 6.07 Å². The minimum atomic E-state index is -0.689. The summed E-state index contributed by atoms with van der Waals surface area (Å²) in [4.78, 5) is 30.4. The number of carbonyl (C=O) groups excluding carboxylic acids is 2. The summed E-state index contributed by atoms with van der Waals surface area (Å²) in [5.74, 6) is -0.614. The van der Waals surface area contributed by atoms with Crippen LogP contribution in [0.5, 0.6) is 0 Å². The summed E-state index contributed by atoms with van der Waals surface area (Å²) in [6.45, 7) is 7.09. The number of nitrogens with zero attached hydrogens (tertiary/aromatic N) is 2. The molecule has 0 radical (unpaired) electrons. The van der Waals surface area contributed by atoms with Gasteiger partial charge >= 0.3 is 6.09 Å². The zero-order valence-electron chi connectivity index (χ0n) is 19.1. The van der Waals surface area contributed by atoms with Crippen molar-refractivity contribution in [2.24, 2.45) is 0 Å². The van der Waals surface area contributed by atoms with Crippen molar-refractivity contribution in [3.63, 3.8) is 0 Å². The number of halogens is 2. The van der Waals surface area contributed by atoms with E-state index < -0.39 is 23.4 Å². The average molecular weight is 490 g/mol. The fourth-order valence-corrected chi connectivity index (χ4v) is 3.83. The number of alkyl carbamates (subject to hydrolysis) is 1. The van der Waals surface area contributed by atoms with E-state index in [0.29, 0.717) is 59.3 Å². The van der Waals surface area contributed by atoms with Crippen LogP contribution in [-0.2, 0) is 16.0 Å². The van der Waals surface area contributed by atoms with Crippen LogP contribution in [0, 0.1) is 5.82 Å². The van der Waals surface area contributed by atoms with Crippen molar-refractivity contribution in [2.75, 3.05) is 26.3 Å². The maximum absolute atomic E-state index is 14.5. The summed E-state index contributed by atoms with van der Waals surface area (Å²) in [6, 6.07) is 6.59. The number of hydrogen-bond donors (Lipinski definition) is 1. The van der Waals surface area contributed by atoms with Crippen molar-refractivity contribution in [3.8, 4) is 11.3 Å². The van der Waals surface area contributed by atoms with Gasteiger partial charge in [0.15, 0.2) is 11.4 Å². The molecule has 1 aromatic carbocycles. The number of ether oxygens (including phenoxy) is 2. The molecule has 0 aliphatic carbocycles. The van der Waals surface area contributed by atoms with Crippen LogP contribution < -0.4 is 5.32 Å². The molecule has 3 aromatic rings. The Hall–Kier alpha value is -3.17. The van der Waals surface area contributed by atoms with E-state index in [1.54, 1.807) is 43.9 Å². The van der Waals surface area contributed by atoms with Crippen molar-refractivity contribution in [1.29, 1.82) is 0 Å². The van der Waals surface area contributed by atoms with E-state index in [0.717, 1.165) is 6.20 Å². The second-order valence-corrected chi connectivity index (χ2v) is 9.31. The van der Waals surface area contributed by atoms with Crippen molar-refractivity contribution in [2.45, 2.75) is 32.9 Å². The molecule has 8 nitrogen and oxygen atoms in total. The van der Waals surface area contributed by atoms with Crippen LogP contribution >= 0.6 is 11.6 Å². The maximum atomic E-state index is 14.5. The van der Waals surface area contributed by atoms with Gasteiger partial charge in [0.2, 0.25) is 0 Å². The SMILES string of the molecule is CC(C)(C)OC(=O)NCc1cc2cc(-c3cc(C(=O)N4CCOCC4)c(F)cn3)cc(Cl)c2o1. The summed E-state index contributed by atoms with van der Waals surface area (Å²) >= 11 is 6.43. The number of carbonyl (C=O) groups is 2. The van der Waals surface area contributed by atoms with Crippen LogP contribution in [0.1, 0.15) is 36.9 Å². The molecule has 0 spiro atoms. The molecule has 0 atom stereocenters. The van der Waals surface area contributed by atoms with Crippen molar-refractivity contribution >= 4 is 34.6 Å². The second kappa shape index (κ2) is 9.60. The Labute approximate surface area is 201 Å². The molecular weight excluding hydrogens is 465 g/mol. The first-order valence-corrected chi connectivity index (χ1v) is 11.2. The smallest absolute Gasteiger partial charge is 0.408 e. The number of morpholine rings is 1. The average Bonchev–Trinajstić information content (AvgIpc) is 3.21. The number of nitrogens with one attached hydrogen (secondary N) is 1. The number of rotatable bonds is 4. The summed E-state index contributed by atoms with van der Waals surface area (Å²) in [6.07, 6.45) is 0.472. The lowest BCUT2D eigenvalue weighted by Gasteiger charge is -2.27. The second-order valence-electron chi connectivity index (χ2n) is 8.90. The Morgan fingerprint density at radius 3 is 2.65 bits per heavy atom. The van der Waals surface area contributed by atoms with Gasteiger partial charge in [-0.2, -0.15) is 0 Å². The Balaban J connectivity index is 1.57. The lowest BCUT2D eigenvalue weighted by atomic mass is 10.1. The minimum absolute atomic E-state index is 0.0578. The summed E-state index contributed by atoms with van der Waals surface area (Å²) in [5.41, 5.74) is 0.772. The number of benzene rings is 1. The highest BCUT2D eigenvalue weighted by Crippen LogP contribution is 2.33. The van der Waals surface area contributed by atoms with Gasteiger partial charge in [-0.05, 0) is 45.0 Å². The molecule has 10 heteroatoms. The monoisotopic (exact) mass is 489 g/mol. The normalized spacial score (nSPS) is 14.3. The Kier molecular flexibility index (Phi) is 6.77. The van der Waals surface area contributed by atoms with Crippen molar-refractivity contribution in [1.82, 2.24) is 15.2 Å². The maximum Gasteiger partial charge on any atom is 0.408 e. The van der Waals surface area contributed by atoms with Crippen LogP contribution in [0.15, 0.2) is 34.9 Å². The van der Waals surface area contributed by atoms with E-state index in [2.05, 4.69) is 10.3 Å². The van der Waals surface area contributed by atoms with Gasteiger partial charge in [-0.3, -0.25) is 9.78 Å². The first-order chi connectivity index (χ1) is 16.1. The van der Waals surface area contributed by atoms with Gasteiger partial charge in [-0.15, -0.1) is 0 Å². The van der Waals surface area contributed by atoms with Gasteiger partial charge in [-0.1, -0.05) is 11.6 Å². The fraction of sp³-hybridized carbons (Fsp3) is 0.375. The van der Waals surface area contributed by atoms with Crippen LogP contribution in [-0.4, -0.2) is 53.8 Å². The fourth-order valence-electron chi connectivity index (χ4n) is 3.57. The summed E-state index contributed by atoms with van der Waals surface area (Å²) in [7, 11) is 0. The topological polar surface area (TPSA) is 93.9 Å². The Morgan fingerprint density at radius 1 is 1.21 bits per heavy atom. The molecule has 0 bridgehead atoms. The van der Waals surface area contributed by atoms with E-state index in [4.69, 9.17) is 25.5 Å². The number of hydrogen-bond acceptors (Lipinski definition) is 6. The van der Waals surface area contributed by atoms with Gasteiger partial charge in [0, 0.05) is 24.0 Å². The molecule has 34 heavy (non-hydrogen) atoms. The predicted molar refractivity (Wildman–Crippen MR) is 124 cm³/mol. The van der Waals surface area contributed by atoms with E-state index in [-0.39, 0.29) is 12.1 Å². The van der Waals surface area contributed by atoms with Crippen LogP contribution in [0.25, 0.3) is 22.2 Å². The highest BCUT2D eigenvalue weighted by atomic mass is 35.5. The lowest BCUT2D eigenvalue weighted by molar-refractivity contribution is 0.0299. The largest absolute Gasteiger partial charge is 0.458 e. The van der Waals surface area contributed by atoms with E-state index in [9.17, 15) is 14.0 Å². The van der Waals surface area contributed by atoms with Crippen LogP contribution in [0.2, 0.25) is 5.02 Å². The van der Waals surface area contributed by atoms with E-state index >= 15 is 0 Å². The van der Waals surface area contributed by atoms with Crippen LogP contribution in [0.4, 0.5) is 9.18 Å². The third-order valence-electron chi connectivity index (χ3n) is 5.11. The number of fused-ring (bicyclic) bond motifs is 1. The highest BCUT2D eigenvalue weighted by molar-refractivity contribution is 6.35. The van der Waals surface area contributed by atoms with Gasteiger partial charge in [0.05, 0.1) is 42.2 Å². The molecule has 2 amide bonds. The third kappa shape index (κ3) is 5.48. The number of aromatic nitrogens is 1. The predicted octanol–water partition coefficient (Wildman–Crippen LogP) is 4.78. The van der Waals surface area contributed by atoms with Crippen molar-refractivity contribution < 1.29 is 27.9 Å². The molecule has 1 aliphatic heterocycles. The molecule has 1 fully saturated rings. The molecule has 2 aromatic heterocycles. The van der Waals surface area contributed by atoms with Gasteiger partial charge in [0.1, 0.15) is 11.4 Å². The molecule has 4 rings (SSSR count). The third-order valence-corrected chi connectivity index (χ3v) is 5.39. The lowest BCUT2D eigenvalue weighted by Crippen LogP contribution is -2.41. The Bertz CT molecular complexity index is 1230. The highest BCUT2D eigenvalue weighted by Gasteiger charge is 2.23. The quantitative estimate of drug-likeness (QED) is 0.566. The molecular formula is C24H25ClFN3O5. The number of pyridine rings is 1. The molecule has 3 heterocycles. The number of furan rings is 1. The van der Waals surface area contributed by atoms with Crippen LogP contribution in [0.3, 0.4) is 0 Å². The summed E-state index contributed by atoms with van der Waals surface area (Å²) < 4.78 is 30.7. The zero-order chi connectivity index (χ0) is 24.5. The molecule has 1 aliphatic rings. The van der Waals surface area contributed by atoms with E-state index in [1.807, 2.05) is 0 Å². The first kappa shape index (κ1) is 24.0. The molecule has 0 unspecified atom stereocenters. The number of amides is 2. The standard InChI is InChI=1S/C24H25ClFN3O5/c1-24(2,3)34-23(31)28-12-16-9-15-8-14(10-18(25)21(15)33-16)20-11-17(19(26)13-27-20)22(30)29-4-6-32-7-5-29/h8-11,13H,4-7,12H2,1-3H3,(H,28,31). The first-order valence-electron chi connectivity index (χ1n) is 10.8. The molecule has 0 saturated carbocycles. The minimum Gasteiger partial charge on any atom is -0.458 e. The zero-order valence-corrected chi connectivity index (χ0v) is 19.9.